The number of primary amides is 1. The highest BCUT2D eigenvalue weighted by molar-refractivity contribution is 7.98. The lowest BCUT2D eigenvalue weighted by Crippen LogP contribution is -2.57. The topological polar surface area (TPSA) is 317 Å². The van der Waals surface area contributed by atoms with Gasteiger partial charge in [0.2, 0.25) is 35.4 Å². The van der Waals surface area contributed by atoms with Gasteiger partial charge in [-0.15, -0.1) is 0 Å². The number of H-pyrrole nitrogens is 2. The molecule has 0 aliphatic heterocycles. The van der Waals surface area contributed by atoms with Gasteiger partial charge in [-0.3, -0.25) is 28.8 Å². The average molecular weight is 745 g/mol. The van der Waals surface area contributed by atoms with Gasteiger partial charge < -0.3 is 58.2 Å². The zero-order chi connectivity index (χ0) is 38.2. The smallest absolute Gasteiger partial charge is 0.328 e. The maximum absolute atomic E-state index is 13.5. The van der Waals surface area contributed by atoms with E-state index in [-0.39, 0.29) is 32.1 Å². The summed E-state index contributed by atoms with van der Waals surface area (Å²) >= 11 is 1.39. The van der Waals surface area contributed by atoms with Crippen molar-refractivity contribution in [2.45, 2.75) is 62.3 Å². The van der Waals surface area contributed by atoms with Crippen LogP contribution in [0.25, 0.3) is 10.9 Å². The van der Waals surface area contributed by atoms with Crippen LogP contribution in [0.5, 0.6) is 0 Å². The van der Waals surface area contributed by atoms with Gasteiger partial charge in [-0.1, -0.05) is 18.2 Å². The number of nitrogens with zero attached hydrogens (tertiary/aromatic N) is 1. The number of aliphatic carboxylic acids is 1. The van der Waals surface area contributed by atoms with Crippen LogP contribution in [0.2, 0.25) is 0 Å². The molecule has 0 saturated carbocycles. The first-order chi connectivity index (χ1) is 24.8. The van der Waals surface area contributed by atoms with Crippen LogP contribution in [-0.4, -0.2) is 122 Å². The molecule has 52 heavy (non-hydrogen) atoms. The molecule has 3 rings (SSSR count). The molecule has 3 aromatic rings. The quantitative estimate of drug-likeness (QED) is 0.0496. The van der Waals surface area contributed by atoms with Gasteiger partial charge >= 0.3 is 5.97 Å². The summed E-state index contributed by atoms with van der Waals surface area (Å²) in [5.41, 5.74) is 13.6. The van der Waals surface area contributed by atoms with Crippen molar-refractivity contribution in [3.8, 4) is 0 Å². The monoisotopic (exact) mass is 744 g/mol. The van der Waals surface area contributed by atoms with E-state index in [1.807, 2.05) is 24.3 Å². The molecule has 0 fully saturated rings. The number of rotatable bonds is 22. The largest absolute Gasteiger partial charge is 0.480 e. The van der Waals surface area contributed by atoms with Gasteiger partial charge in [0, 0.05) is 41.8 Å². The highest BCUT2D eigenvalue weighted by Gasteiger charge is 2.30. The number of carbonyl (C=O) groups excluding carboxylic acids is 6. The number of carbonyl (C=O) groups is 7. The first-order valence-corrected chi connectivity index (χ1v) is 17.6. The minimum absolute atomic E-state index is 0.125. The summed E-state index contributed by atoms with van der Waals surface area (Å²) in [4.78, 5) is 98.1. The summed E-state index contributed by atoms with van der Waals surface area (Å²) in [5, 5.41) is 31.5. The Balaban J connectivity index is 1.65. The van der Waals surface area contributed by atoms with Crippen LogP contribution < -0.4 is 38.1 Å². The highest BCUT2D eigenvalue weighted by Crippen LogP contribution is 2.19. The van der Waals surface area contributed by atoms with Crippen LogP contribution >= 0.6 is 11.8 Å². The van der Waals surface area contributed by atoms with Crippen molar-refractivity contribution in [1.82, 2.24) is 41.5 Å². The average Bonchev–Trinajstić information content (AvgIpc) is 3.79. The second kappa shape index (κ2) is 20.4. The zero-order valence-corrected chi connectivity index (χ0v) is 29.2. The Labute approximate surface area is 302 Å². The predicted octanol–water partition coefficient (Wildman–Crippen LogP) is -2.85. The highest BCUT2D eigenvalue weighted by atomic mass is 32.2. The second-order valence-electron chi connectivity index (χ2n) is 11.8. The van der Waals surface area contributed by atoms with Crippen LogP contribution in [0, 0.1) is 0 Å². The standard InChI is InChI=1S/C32H44N10O9S/c1-52-9-8-23(29(47)37-14-27(45)39-24(11-18-13-35-16-38-18)31(49)42-25(15-43)32(50)51)41-30(48)22(6-7-26(34)44)40-28(46)20(33)10-17-12-36-21-5-3-2-4-19(17)21/h2-5,12-13,16,20,22-25,36,43H,6-11,14-15,33H2,1H3,(H2,34,44)(H,35,38)(H,37,47)(H,39,45)(H,40,46)(H,41,48)(H,42,49)(H,50,51)/t20-,22+,23-,24-,25-/m1/s1. The number of aliphatic hydroxyl groups excluding tert-OH is 1. The molecule has 1 aromatic carbocycles. The Hall–Kier alpha value is -5.47. The van der Waals surface area contributed by atoms with Gasteiger partial charge in [0.25, 0.3) is 0 Å². The molecule has 0 aliphatic carbocycles. The number of hydrogen-bond acceptors (Lipinski definition) is 11. The summed E-state index contributed by atoms with van der Waals surface area (Å²) in [6, 6.07) is 1.01. The van der Waals surface area contributed by atoms with Crippen LogP contribution in [0.15, 0.2) is 43.0 Å². The molecule has 5 atom stereocenters. The number of hydrogen-bond donors (Lipinski definition) is 11. The molecule has 6 amide bonds. The number of imidazole rings is 1. The number of nitrogens with one attached hydrogen (secondary N) is 7. The lowest BCUT2D eigenvalue weighted by Gasteiger charge is -2.24. The number of thioether (sulfide) groups is 1. The third-order valence-electron chi connectivity index (χ3n) is 7.86. The maximum Gasteiger partial charge on any atom is 0.328 e. The first kappa shape index (κ1) is 41.0. The second-order valence-corrected chi connectivity index (χ2v) is 12.8. The van der Waals surface area contributed by atoms with Crippen LogP contribution in [0.3, 0.4) is 0 Å². The zero-order valence-electron chi connectivity index (χ0n) is 28.3. The minimum Gasteiger partial charge on any atom is -0.480 e. The molecular formula is C32H44N10O9S. The number of aromatic nitrogens is 3. The minimum atomic E-state index is -1.62. The van der Waals surface area contributed by atoms with Crippen LogP contribution in [0.1, 0.15) is 30.5 Å². The van der Waals surface area contributed by atoms with E-state index in [9.17, 15) is 43.8 Å². The van der Waals surface area contributed by atoms with Crippen molar-refractivity contribution in [3.63, 3.8) is 0 Å². The molecule has 0 saturated heterocycles. The van der Waals surface area contributed by atoms with Crippen molar-refractivity contribution < 1.29 is 43.8 Å². The van der Waals surface area contributed by atoms with Crippen molar-refractivity contribution in [1.29, 1.82) is 0 Å². The molecule has 0 radical (unpaired) electrons. The van der Waals surface area contributed by atoms with E-state index in [0.29, 0.717) is 11.4 Å². The molecule has 0 aliphatic rings. The summed E-state index contributed by atoms with van der Waals surface area (Å²) in [5.74, 6) is -5.73. The van der Waals surface area contributed by atoms with Gasteiger partial charge in [-0.2, -0.15) is 11.8 Å². The number of nitrogens with two attached hydrogens (primary N) is 2. The van der Waals surface area contributed by atoms with Gasteiger partial charge in [0.15, 0.2) is 0 Å². The third kappa shape index (κ3) is 12.7. The van der Waals surface area contributed by atoms with E-state index < -0.39 is 84.8 Å². The van der Waals surface area contributed by atoms with Gasteiger partial charge in [-0.25, -0.2) is 9.78 Å². The molecule has 2 heterocycles. The van der Waals surface area contributed by atoms with Crippen molar-refractivity contribution in [2.75, 3.05) is 25.2 Å². The Bertz CT molecular complexity index is 1700. The molecule has 0 unspecified atom stereocenters. The molecule has 0 bridgehead atoms. The number of carboxylic acid groups (broad SMARTS) is 1. The number of aromatic amines is 2. The Morgan fingerprint density at radius 1 is 0.865 bits per heavy atom. The Morgan fingerprint density at radius 2 is 1.54 bits per heavy atom. The number of fused-ring (bicyclic) bond motifs is 1. The molecule has 2 aromatic heterocycles. The van der Waals surface area contributed by atoms with E-state index in [4.69, 9.17) is 11.5 Å². The normalized spacial score (nSPS) is 13.9. The fraction of sp³-hybridized carbons (Fsp3) is 0.438. The predicted molar refractivity (Wildman–Crippen MR) is 189 cm³/mol. The Morgan fingerprint density at radius 3 is 2.19 bits per heavy atom. The van der Waals surface area contributed by atoms with Crippen molar-refractivity contribution in [2.24, 2.45) is 11.5 Å². The first-order valence-electron chi connectivity index (χ1n) is 16.2. The molecule has 0 spiro atoms. The number of para-hydroxylation sites is 1. The molecule has 282 valence electrons. The van der Waals surface area contributed by atoms with Crippen LogP contribution in [0.4, 0.5) is 0 Å². The third-order valence-corrected chi connectivity index (χ3v) is 8.50. The molecular weight excluding hydrogens is 700 g/mol. The summed E-state index contributed by atoms with van der Waals surface area (Å²) in [6.45, 7) is -1.53. The number of carboxylic acids is 1. The number of aliphatic hydroxyl groups is 1. The van der Waals surface area contributed by atoms with E-state index in [1.54, 1.807) is 12.5 Å². The maximum atomic E-state index is 13.5. The Kier molecular flexibility index (Phi) is 16.1. The fourth-order valence-electron chi connectivity index (χ4n) is 5.06. The summed E-state index contributed by atoms with van der Waals surface area (Å²) in [6.07, 6.45) is 5.97. The summed E-state index contributed by atoms with van der Waals surface area (Å²) in [7, 11) is 0. The number of amides is 6. The van der Waals surface area contributed by atoms with Crippen LogP contribution in [-0.2, 0) is 46.4 Å². The summed E-state index contributed by atoms with van der Waals surface area (Å²) < 4.78 is 0. The van der Waals surface area contributed by atoms with E-state index in [0.717, 1.165) is 16.5 Å². The van der Waals surface area contributed by atoms with Crippen molar-refractivity contribution >= 4 is 64.1 Å². The fourth-order valence-corrected chi connectivity index (χ4v) is 5.53. The van der Waals surface area contributed by atoms with Gasteiger partial charge in [-0.05, 0) is 42.9 Å². The van der Waals surface area contributed by atoms with Gasteiger partial charge in [0.1, 0.15) is 24.2 Å². The number of benzene rings is 1. The molecule has 20 heteroatoms. The van der Waals surface area contributed by atoms with Crippen molar-refractivity contribution in [3.05, 3.63) is 54.2 Å². The lowest BCUT2D eigenvalue weighted by atomic mass is 10.0. The molecule has 19 nitrogen and oxygen atoms in total. The van der Waals surface area contributed by atoms with Gasteiger partial charge in [0.05, 0.1) is 25.5 Å². The van der Waals surface area contributed by atoms with E-state index in [2.05, 4.69) is 41.5 Å². The lowest BCUT2D eigenvalue weighted by molar-refractivity contribution is -0.143. The SMILES string of the molecule is CSCC[C@@H](NC(=O)[C@H](CCC(N)=O)NC(=O)[C@H](N)Cc1c[nH]c2ccccc12)C(=O)NCC(=O)N[C@H](Cc1cnc[nH]1)C(=O)N[C@H](CO)C(=O)O. The van der Waals surface area contributed by atoms with E-state index in [1.165, 1.54) is 24.3 Å². The van der Waals surface area contributed by atoms with E-state index >= 15 is 0 Å². The molecule has 13 N–H and O–H groups in total.